The number of guanidine groups is 1. The first-order chi connectivity index (χ1) is 12.0. The van der Waals surface area contributed by atoms with Crippen molar-refractivity contribution in [3.63, 3.8) is 0 Å². The standard InChI is InChI=1S/C15H30F3N5O2S/c1-5-26(24,25)21(4)8-6-7-20-14(19-3)23-11-9-22(10-12-23)13(2)15(16,17)18/h13H,5-12H2,1-4H3,(H,19,20). The lowest BCUT2D eigenvalue weighted by Gasteiger charge is -2.39. The third-order valence-electron chi connectivity index (χ3n) is 4.62. The van der Waals surface area contributed by atoms with Gasteiger partial charge in [-0.3, -0.25) is 9.89 Å². The molecule has 0 saturated carbocycles. The molecular weight excluding hydrogens is 371 g/mol. The Morgan fingerprint density at radius 1 is 1.27 bits per heavy atom. The Kier molecular flexibility index (Phi) is 8.61. The van der Waals surface area contributed by atoms with E-state index in [-0.39, 0.29) is 5.75 Å². The first-order valence-corrected chi connectivity index (χ1v) is 10.3. The fraction of sp³-hybridized carbons (Fsp3) is 0.933. The molecule has 0 aliphatic carbocycles. The number of alkyl halides is 3. The van der Waals surface area contributed by atoms with Gasteiger partial charge in [0.15, 0.2) is 5.96 Å². The molecule has 1 atom stereocenters. The van der Waals surface area contributed by atoms with Crippen LogP contribution in [0.15, 0.2) is 4.99 Å². The van der Waals surface area contributed by atoms with Gasteiger partial charge in [0.2, 0.25) is 10.0 Å². The molecule has 1 rings (SSSR count). The lowest BCUT2D eigenvalue weighted by molar-refractivity contribution is -0.181. The number of hydrogen-bond acceptors (Lipinski definition) is 4. The summed E-state index contributed by atoms with van der Waals surface area (Å²) in [5.74, 6) is 0.699. The fourth-order valence-corrected chi connectivity index (χ4v) is 3.57. The lowest BCUT2D eigenvalue weighted by Crippen LogP contribution is -2.56. The van der Waals surface area contributed by atoms with Gasteiger partial charge < -0.3 is 10.2 Å². The van der Waals surface area contributed by atoms with Crippen LogP contribution in [0.3, 0.4) is 0 Å². The summed E-state index contributed by atoms with van der Waals surface area (Å²) in [4.78, 5) is 7.52. The van der Waals surface area contributed by atoms with Crippen LogP contribution >= 0.6 is 0 Å². The predicted octanol–water partition coefficient (Wildman–Crippen LogP) is 0.802. The smallest absolute Gasteiger partial charge is 0.356 e. The molecule has 0 aromatic carbocycles. The molecule has 1 heterocycles. The van der Waals surface area contributed by atoms with Crippen LogP contribution in [0.5, 0.6) is 0 Å². The van der Waals surface area contributed by atoms with Gasteiger partial charge >= 0.3 is 6.18 Å². The van der Waals surface area contributed by atoms with Gasteiger partial charge in [-0.2, -0.15) is 13.2 Å². The van der Waals surface area contributed by atoms with Crippen molar-refractivity contribution >= 4 is 16.0 Å². The van der Waals surface area contributed by atoms with E-state index in [1.54, 1.807) is 21.0 Å². The number of piperazine rings is 1. The second kappa shape index (κ2) is 9.75. The maximum Gasteiger partial charge on any atom is 0.403 e. The zero-order valence-corrected chi connectivity index (χ0v) is 16.7. The van der Waals surface area contributed by atoms with Crippen LogP contribution in [0.1, 0.15) is 20.3 Å². The number of halogens is 3. The highest BCUT2D eigenvalue weighted by Crippen LogP contribution is 2.25. The second-order valence-electron chi connectivity index (χ2n) is 6.29. The Bertz CT molecular complexity index is 560. The first-order valence-electron chi connectivity index (χ1n) is 8.73. The maximum absolute atomic E-state index is 12.8. The molecule has 1 fully saturated rings. The minimum absolute atomic E-state index is 0.0687. The average Bonchev–Trinajstić information content (AvgIpc) is 2.60. The Morgan fingerprint density at radius 2 is 1.85 bits per heavy atom. The number of aliphatic imine (C=N–C) groups is 1. The molecule has 1 saturated heterocycles. The van der Waals surface area contributed by atoms with E-state index in [1.165, 1.54) is 16.1 Å². The number of nitrogens with zero attached hydrogens (tertiary/aromatic N) is 4. The van der Waals surface area contributed by atoms with Crippen LogP contribution < -0.4 is 5.32 Å². The largest absolute Gasteiger partial charge is 0.403 e. The van der Waals surface area contributed by atoms with Crippen molar-refractivity contribution in [3.8, 4) is 0 Å². The van der Waals surface area contributed by atoms with Crippen LogP contribution in [0.25, 0.3) is 0 Å². The zero-order valence-electron chi connectivity index (χ0n) is 15.9. The monoisotopic (exact) mass is 401 g/mol. The summed E-state index contributed by atoms with van der Waals surface area (Å²) >= 11 is 0. The number of nitrogens with one attached hydrogen (secondary N) is 1. The summed E-state index contributed by atoms with van der Waals surface area (Å²) in [5, 5.41) is 3.15. The van der Waals surface area contributed by atoms with Crippen LogP contribution in [0.4, 0.5) is 13.2 Å². The van der Waals surface area contributed by atoms with E-state index >= 15 is 0 Å². The van der Waals surface area contributed by atoms with Crippen LogP contribution in [-0.2, 0) is 10.0 Å². The van der Waals surface area contributed by atoms with Crippen LogP contribution in [-0.4, -0.2) is 99.8 Å². The van der Waals surface area contributed by atoms with Gasteiger partial charge in [-0.15, -0.1) is 0 Å². The van der Waals surface area contributed by atoms with Gasteiger partial charge in [-0.05, 0) is 20.3 Å². The van der Waals surface area contributed by atoms with E-state index in [0.717, 1.165) is 0 Å². The highest BCUT2D eigenvalue weighted by atomic mass is 32.2. The summed E-state index contributed by atoms with van der Waals surface area (Å²) in [5.41, 5.74) is 0. The van der Waals surface area contributed by atoms with Gasteiger partial charge in [0.25, 0.3) is 0 Å². The molecule has 154 valence electrons. The van der Waals surface area contributed by atoms with E-state index in [4.69, 9.17) is 0 Å². The molecule has 0 bridgehead atoms. The SMILES string of the molecule is CCS(=O)(=O)N(C)CCCNC(=NC)N1CCN(C(C)C(F)(F)F)CC1. The quantitative estimate of drug-likeness (QED) is 0.388. The van der Waals surface area contributed by atoms with Crippen LogP contribution in [0.2, 0.25) is 0 Å². The highest BCUT2D eigenvalue weighted by Gasteiger charge is 2.41. The van der Waals surface area contributed by atoms with E-state index < -0.39 is 22.2 Å². The third kappa shape index (κ3) is 6.58. The Morgan fingerprint density at radius 3 is 2.31 bits per heavy atom. The highest BCUT2D eigenvalue weighted by molar-refractivity contribution is 7.89. The summed E-state index contributed by atoms with van der Waals surface area (Å²) in [6.45, 7) is 5.29. The van der Waals surface area contributed by atoms with E-state index in [2.05, 4.69) is 10.3 Å². The molecular formula is C15H30F3N5O2S. The summed E-state index contributed by atoms with van der Waals surface area (Å²) in [6, 6.07) is -1.45. The van der Waals surface area contributed by atoms with Gasteiger partial charge in [-0.1, -0.05) is 0 Å². The Hall–Kier alpha value is -1.07. The van der Waals surface area contributed by atoms with Gasteiger partial charge in [-0.25, -0.2) is 12.7 Å². The molecule has 0 spiro atoms. The molecule has 1 unspecified atom stereocenters. The normalized spacial score (nSPS) is 19.1. The molecule has 7 nitrogen and oxygen atoms in total. The van der Waals surface area contributed by atoms with Crippen molar-refractivity contribution in [3.05, 3.63) is 0 Å². The Labute approximate surface area is 154 Å². The van der Waals surface area contributed by atoms with Crippen LogP contribution in [0, 0.1) is 0 Å². The molecule has 0 aromatic rings. The summed E-state index contributed by atoms with van der Waals surface area (Å²) in [6.07, 6.45) is -3.60. The zero-order chi connectivity index (χ0) is 20.0. The van der Waals surface area contributed by atoms with E-state index in [0.29, 0.717) is 51.6 Å². The molecule has 1 N–H and O–H groups in total. The predicted molar refractivity (Wildman–Crippen MR) is 96.7 cm³/mol. The molecule has 1 aliphatic rings. The fourth-order valence-electron chi connectivity index (χ4n) is 2.72. The van der Waals surface area contributed by atoms with Crippen molar-refractivity contribution < 1.29 is 21.6 Å². The van der Waals surface area contributed by atoms with Crippen molar-refractivity contribution in [2.45, 2.75) is 32.5 Å². The topological polar surface area (TPSA) is 68.2 Å². The van der Waals surface area contributed by atoms with Crippen molar-refractivity contribution in [2.75, 3.05) is 59.1 Å². The van der Waals surface area contributed by atoms with Gasteiger partial charge in [0.1, 0.15) is 6.04 Å². The maximum atomic E-state index is 12.8. The molecule has 0 amide bonds. The second-order valence-corrected chi connectivity index (χ2v) is 8.65. The van der Waals surface area contributed by atoms with Gasteiger partial charge in [0, 0.05) is 53.4 Å². The number of sulfonamides is 1. The molecule has 11 heteroatoms. The molecule has 0 radical (unpaired) electrons. The third-order valence-corrected chi connectivity index (χ3v) is 6.48. The van der Waals surface area contributed by atoms with Gasteiger partial charge in [0.05, 0.1) is 5.75 Å². The van der Waals surface area contributed by atoms with Crippen molar-refractivity contribution in [2.24, 2.45) is 4.99 Å². The number of hydrogen-bond donors (Lipinski definition) is 1. The number of rotatable bonds is 7. The lowest BCUT2D eigenvalue weighted by atomic mass is 10.2. The summed E-state index contributed by atoms with van der Waals surface area (Å²) < 4.78 is 63.1. The molecule has 26 heavy (non-hydrogen) atoms. The summed E-state index contributed by atoms with van der Waals surface area (Å²) in [7, 11) is -0.00787. The van der Waals surface area contributed by atoms with Crippen molar-refractivity contribution in [1.82, 2.24) is 19.4 Å². The first kappa shape index (κ1) is 23.0. The molecule has 1 aliphatic heterocycles. The minimum Gasteiger partial charge on any atom is -0.356 e. The van der Waals surface area contributed by atoms with Crippen molar-refractivity contribution in [1.29, 1.82) is 0 Å². The average molecular weight is 401 g/mol. The van der Waals surface area contributed by atoms with E-state index in [1.807, 2.05) is 4.90 Å². The molecule has 0 aromatic heterocycles. The Balaban J connectivity index is 2.40. The van der Waals surface area contributed by atoms with E-state index in [9.17, 15) is 21.6 Å². The minimum atomic E-state index is -4.22.